The van der Waals surface area contributed by atoms with Crippen LogP contribution in [0.1, 0.15) is 45.1 Å². The first-order chi connectivity index (χ1) is 11.1. The van der Waals surface area contributed by atoms with Crippen LogP contribution in [0.2, 0.25) is 0 Å². The molecule has 0 radical (unpaired) electrons. The van der Waals surface area contributed by atoms with E-state index in [0.717, 1.165) is 5.56 Å². The molecule has 1 rings (SSSR count). The fraction of sp³-hybridized carbons (Fsp3) is 0.625. The Kier molecular flexibility index (Phi) is 8.08. The highest BCUT2D eigenvalue weighted by Crippen LogP contribution is 2.39. The number of benzene rings is 1. The Morgan fingerprint density at radius 1 is 1.08 bits per heavy atom. The van der Waals surface area contributed by atoms with Crippen molar-refractivity contribution in [3.8, 4) is 0 Å². The monoisotopic (exact) mass is 384 g/mol. The summed E-state index contributed by atoms with van der Waals surface area (Å²) in [6.45, 7) is 5.37. The molecule has 0 saturated carbocycles. The summed E-state index contributed by atoms with van der Waals surface area (Å²) >= 11 is -0.177. The fourth-order valence-corrected chi connectivity index (χ4v) is 4.53. The van der Waals surface area contributed by atoms with E-state index in [1.807, 2.05) is 6.92 Å². The Morgan fingerprint density at radius 2 is 1.62 bits per heavy atom. The molecule has 0 aliphatic rings. The van der Waals surface area contributed by atoms with Crippen molar-refractivity contribution in [2.45, 2.75) is 68.2 Å². The lowest BCUT2D eigenvalue weighted by molar-refractivity contribution is -0.0343. The molecule has 0 saturated heterocycles. The van der Waals surface area contributed by atoms with Crippen molar-refractivity contribution in [3.05, 3.63) is 29.8 Å². The lowest BCUT2D eigenvalue weighted by Crippen LogP contribution is -2.31. The molecule has 0 aliphatic heterocycles. The second kappa shape index (κ2) is 9.10. The van der Waals surface area contributed by atoms with E-state index in [1.165, 1.54) is 12.1 Å². The van der Waals surface area contributed by atoms with Crippen molar-refractivity contribution < 1.29 is 25.8 Å². The Morgan fingerprint density at radius 3 is 2.08 bits per heavy atom. The fourth-order valence-electron chi connectivity index (χ4n) is 2.28. The second-order valence-corrected chi connectivity index (χ2v) is 8.46. The van der Waals surface area contributed by atoms with Gasteiger partial charge in [0.15, 0.2) is 0 Å². The summed E-state index contributed by atoms with van der Waals surface area (Å²) in [6, 6.07) is 6.05. The molecule has 0 amide bonds. The summed E-state index contributed by atoms with van der Waals surface area (Å²) in [6.07, 6.45) is 0.527. The van der Waals surface area contributed by atoms with E-state index in [2.05, 4.69) is 0 Å². The minimum absolute atomic E-state index is 0.0403. The molecule has 1 aromatic carbocycles. The summed E-state index contributed by atoms with van der Waals surface area (Å²) in [5.41, 5.74) is -3.54. The number of hydrogen-bond donors (Lipinski definition) is 0. The van der Waals surface area contributed by atoms with E-state index in [-0.39, 0.29) is 29.5 Å². The Bertz CT molecular complexity index is 598. The third-order valence-corrected chi connectivity index (χ3v) is 5.87. The molecule has 0 aromatic heterocycles. The maximum Gasteiger partial charge on any atom is 0.442 e. The summed E-state index contributed by atoms with van der Waals surface area (Å²) in [7, 11) is -4.10. The summed E-state index contributed by atoms with van der Waals surface area (Å²) < 4.78 is 68.4. The van der Waals surface area contributed by atoms with Crippen molar-refractivity contribution in [1.82, 2.24) is 0 Å². The van der Waals surface area contributed by atoms with Crippen LogP contribution >= 0.6 is 11.8 Å². The van der Waals surface area contributed by atoms with Crippen molar-refractivity contribution in [1.29, 1.82) is 0 Å². The van der Waals surface area contributed by atoms with Gasteiger partial charge >= 0.3 is 5.51 Å². The largest absolute Gasteiger partial charge is 0.442 e. The highest BCUT2D eigenvalue weighted by molar-refractivity contribution is 8.00. The molecule has 0 fully saturated rings. The van der Waals surface area contributed by atoms with Crippen LogP contribution in [0.25, 0.3) is 0 Å². The van der Waals surface area contributed by atoms with Crippen molar-refractivity contribution in [2.24, 2.45) is 0 Å². The minimum atomic E-state index is -4.43. The standard InChI is InChI=1S/C16H23F3O3S2/c1-4-6-14(15(7-5-2)23-16(17,18)19)22-24(20,21)13-10-8-12(3)9-11-13/h8-11,14-15H,4-7H2,1-3H3/t14-,15-/m1/s1. The highest BCUT2D eigenvalue weighted by atomic mass is 32.2. The molecule has 0 N–H and O–H groups in total. The van der Waals surface area contributed by atoms with Crippen molar-refractivity contribution in [2.75, 3.05) is 0 Å². The predicted octanol–water partition coefficient (Wildman–Crippen LogP) is 5.29. The molecule has 0 bridgehead atoms. The highest BCUT2D eigenvalue weighted by Gasteiger charge is 2.38. The topological polar surface area (TPSA) is 43.4 Å². The van der Waals surface area contributed by atoms with Crippen molar-refractivity contribution >= 4 is 21.9 Å². The maximum absolute atomic E-state index is 12.8. The van der Waals surface area contributed by atoms with Gasteiger partial charge in [-0.3, -0.25) is 4.18 Å². The minimum Gasteiger partial charge on any atom is -0.262 e. The normalized spacial score (nSPS) is 15.2. The van der Waals surface area contributed by atoms with E-state index < -0.39 is 27.0 Å². The molecular weight excluding hydrogens is 361 g/mol. The third-order valence-electron chi connectivity index (χ3n) is 3.41. The molecule has 0 aliphatic carbocycles. The Labute approximate surface area is 146 Å². The molecule has 2 atom stereocenters. The zero-order chi connectivity index (χ0) is 18.4. The molecule has 0 unspecified atom stereocenters. The molecule has 0 heterocycles. The second-order valence-electron chi connectivity index (χ2n) is 5.58. The Hall–Kier alpha value is -0.730. The lowest BCUT2D eigenvalue weighted by atomic mass is 10.1. The van der Waals surface area contributed by atoms with Crippen LogP contribution in [0.15, 0.2) is 29.2 Å². The van der Waals surface area contributed by atoms with Gasteiger partial charge in [0, 0.05) is 5.25 Å². The number of alkyl halides is 3. The average Bonchev–Trinajstić information content (AvgIpc) is 2.45. The van der Waals surface area contributed by atoms with E-state index in [9.17, 15) is 21.6 Å². The first kappa shape index (κ1) is 21.3. The first-order valence-corrected chi connectivity index (χ1v) is 10.1. The van der Waals surface area contributed by atoms with Crippen LogP contribution in [-0.4, -0.2) is 25.3 Å². The first-order valence-electron chi connectivity index (χ1n) is 7.83. The molecular formula is C16H23F3O3S2. The van der Waals surface area contributed by atoms with Gasteiger partial charge in [0.25, 0.3) is 10.1 Å². The van der Waals surface area contributed by atoms with Crippen LogP contribution < -0.4 is 0 Å². The molecule has 24 heavy (non-hydrogen) atoms. The van der Waals surface area contributed by atoms with Crippen LogP contribution in [0.4, 0.5) is 13.2 Å². The van der Waals surface area contributed by atoms with Gasteiger partial charge in [0.2, 0.25) is 0 Å². The summed E-state index contributed by atoms with van der Waals surface area (Å²) in [5, 5.41) is -0.949. The third kappa shape index (κ3) is 7.03. The van der Waals surface area contributed by atoms with E-state index in [4.69, 9.17) is 4.18 Å². The van der Waals surface area contributed by atoms with E-state index >= 15 is 0 Å². The summed E-state index contributed by atoms with van der Waals surface area (Å²) in [5.74, 6) is 0. The smallest absolute Gasteiger partial charge is 0.262 e. The van der Waals surface area contributed by atoms with Crippen LogP contribution in [0, 0.1) is 6.92 Å². The van der Waals surface area contributed by atoms with Crippen LogP contribution in [0.3, 0.4) is 0 Å². The number of rotatable bonds is 9. The van der Waals surface area contributed by atoms with Gasteiger partial charge in [0.05, 0.1) is 11.0 Å². The number of aryl methyl sites for hydroxylation is 1. The quantitative estimate of drug-likeness (QED) is 0.543. The van der Waals surface area contributed by atoms with Gasteiger partial charge in [0.1, 0.15) is 0 Å². The maximum atomic E-state index is 12.8. The van der Waals surface area contributed by atoms with Gasteiger partial charge in [-0.1, -0.05) is 44.4 Å². The number of hydrogen-bond acceptors (Lipinski definition) is 4. The van der Waals surface area contributed by atoms with Gasteiger partial charge in [-0.15, -0.1) is 0 Å². The Balaban J connectivity index is 3.02. The zero-order valence-electron chi connectivity index (χ0n) is 14.0. The van der Waals surface area contributed by atoms with Crippen molar-refractivity contribution in [3.63, 3.8) is 0 Å². The van der Waals surface area contributed by atoms with Gasteiger partial charge < -0.3 is 0 Å². The predicted molar refractivity (Wildman–Crippen MR) is 90.5 cm³/mol. The molecule has 3 nitrogen and oxygen atoms in total. The number of thioether (sulfide) groups is 1. The number of halogens is 3. The molecule has 8 heteroatoms. The molecule has 1 aromatic rings. The van der Waals surface area contributed by atoms with Gasteiger partial charge in [-0.2, -0.15) is 21.6 Å². The van der Waals surface area contributed by atoms with E-state index in [1.54, 1.807) is 26.0 Å². The molecule has 138 valence electrons. The lowest BCUT2D eigenvalue weighted by Gasteiger charge is -2.26. The van der Waals surface area contributed by atoms with Gasteiger partial charge in [-0.25, -0.2) is 0 Å². The van der Waals surface area contributed by atoms with Crippen LogP contribution in [0.5, 0.6) is 0 Å². The molecule has 0 spiro atoms. The average molecular weight is 384 g/mol. The van der Waals surface area contributed by atoms with E-state index in [0.29, 0.717) is 12.8 Å². The SMILES string of the molecule is CCC[C@@H](OS(=O)(=O)c1ccc(C)cc1)[C@@H](CCC)SC(F)(F)F. The van der Waals surface area contributed by atoms with Gasteiger partial charge in [-0.05, 0) is 43.7 Å². The van der Waals surface area contributed by atoms with Crippen LogP contribution in [-0.2, 0) is 14.3 Å². The summed E-state index contributed by atoms with van der Waals surface area (Å²) in [4.78, 5) is -0.0403. The zero-order valence-corrected chi connectivity index (χ0v) is 15.6.